The van der Waals surface area contributed by atoms with Gasteiger partial charge in [0.05, 0.1) is 18.2 Å². The first-order valence-electron chi connectivity index (χ1n) is 4.34. The summed E-state index contributed by atoms with van der Waals surface area (Å²) in [5.74, 6) is 0.432. The Bertz CT molecular complexity index is 229. The molecule has 67 valence electrons. The Hall–Kier alpha value is -0.353. The maximum absolute atomic E-state index is 5.70. The molecular weight excluding hydrogens is 170 g/mol. The molecule has 2 atom stereocenters. The zero-order valence-electron chi connectivity index (χ0n) is 7.76. The van der Waals surface area contributed by atoms with Crippen molar-refractivity contribution in [3.63, 3.8) is 0 Å². The quantitative estimate of drug-likeness (QED) is 0.577. The molecule has 2 rings (SSSR count). The van der Waals surface area contributed by atoms with Crippen LogP contribution in [0.1, 0.15) is 13.3 Å². The van der Waals surface area contributed by atoms with E-state index in [1.807, 2.05) is 6.92 Å². The van der Waals surface area contributed by atoms with Crippen LogP contribution < -0.4 is 0 Å². The zero-order chi connectivity index (χ0) is 8.77. The zero-order valence-corrected chi connectivity index (χ0v) is 8.76. The number of rotatable bonds is 1. The van der Waals surface area contributed by atoms with Gasteiger partial charge in [0.1, 0.15) is 8.80 Å². The van der Waals surface area contributed by atoms with E-state index in [4.69, 9.17) is 9.57 Å². The molecule has 1 saturated heterocycles. The van der Waals surface area contributed by atoms with Crippen LogP contribution in [0.15, 0.2) is 5.16 Å². The van der Waals surface area contributed by atoms with Crippen molar-refractivity contribution >= 4 is 14.5 Å². The lowest BCUT2D eigenvalue weighted by Gasteiger charge is -2.28. The third kappa shape index (κ3) is 0.879. The Labute approximate surface area is 74.3 Å². The molecule has 4 heteroatoms. The molecule has 0 amide bonds. The van der Waals surface area contributed by atoms with Gasteiger partial charge < -0.3 is 9.57 Å². The molecular formula is C8H14NO2Si. The third-order valence-corrected chi connectivity index (χ3v) is 4.69. The molecule has 2 aliphatic heterocycles. The van der Waals surface area contributed by atoms with E-state index < -0.39 is 8.80 Å². The molecule has 0 spiro atoms. The molecule has 0 saturated carbocycles. The van der Waals surface area contributed by atoms with Crippen molar-refractivity contribution in [2.24, 2.45) is 11.1 Å². The predicted molar refractivity (Wildman–Crippen MR) is 48.5 cm³/mol. The largest absolute Gasteiger partial charge is 0.365 e. The van der Waals surface area contributed by atoms with Gasteiger partial charge in [-0.15, -0.1) is 0 Å². The lowest BCUT2D eigenvalue weighted by atomic mass is 10.0. The van der Waals surface area contributed by atoms with Gasteiger partial charge in [-0.3, -0.25) is 0 Å². The van der Waals surface area contributed by atoms with Crippen LogP contribution >= 0.6 is 0 Å². The SMILES string of the molecule is CC1=NO[C@]2([Si](C)C)OCC[C@H]12. The molecule has 0 aromatic carbocycles. The maximum atomic E-state index is 5.70. The van der Waals surface area contributed by atoms with Crippen LogP contribution in [0, 0.1) is 5.92 Å². The summed E-state index contributed by atoms with van der Waals surface area (Å²) in [6.07, 6.45) is 1.07. The van der Waals surface area contributed by atoms with Crippen LogP contribution in [0.2, 0.25) is 13.1 Å². The Morgan fingerprint density at radius 2 is 2.33 bits per heavy atom. The number of hydrogen-bond acceptors (Lipinski definition) is 3. The molecule has 0 aromatic rings. The normalized spacial score (nSPS) is 39.7. The number of nitrogens with zero attached hydrogens (tertiary/aromatic N) is 1. The highest BCUT2D eigenvalue weighted by Crippen LogP contribution is 2.40. The van der Waals surface area contributed by atoms with Gasteiger partial charge in [0.2, 0.25) is 5.41 Å². The second-order valence-electron chi connectivity index (χ2n) is 3.68. The predicted octanol–water partition coefficient (Wildman–Crippen LogP) is 1.42. The monoisotopic (exact) mass is 184 g/mol. The smallest absolute Gasteiger partial charge is 0.222 e. The first-order valence-corrected chi connectivity index (χ1v) is 6.84. The fraction of sp³-hybridized carbons (Fsp3) is 0.875. The van der Waals surface area contributed by atoms with Crippen molar-refractivity contribution < 1.29 is 9.57 Å². The lowest BCUT2D eigenvalue weighted by molar-refractivity contribution is -0.150. The first kappa shape index (κ1) is 8.25. The minimum absolute atomic E-state index is 0.325. The van der Waals surface area contributed by atoms with Crippen LogP contribution in [0.5, 0.6) is 0 Å². The van der Waals surface area contributed by atoms with E-state index in [-0.39, 0.29) is 5.41 Å². The van der Waals surface area contributed by atoms with Gasteiger partial charge in [-0.05, 0) is 13.3 Å². The van der Waals surface area contributed by atoms with E-state index in [2.05, 4.69) is 18.2 Å². The highest BCUT2D eigenvalue weighted by atomic mass is 28.3. The second-order valence-corrected chi connectivity index (χ2v) is 6.38. The topological polar surface area (TPSA) is 30.8 Å². The molecule has 12 heavy (non-hydrogen) atoms. The highest BCUT2D eigenvalue weighted by molar-refractivity contribution is 6.59. The van der Waals surface area contributed by atoms with Crippen molar-refractivity contribution in [3.8, 4) is 0 Å². The number of oxime groups is 1. The number of fused-ring (bicyclic) bond motifs is 1. The second kappa shape index (κ2) is 2.57. The number of ether oxygens (including phenoxy) is 1. The average Bonchev–Trinajstić information content (AvgIpc) is 2.53. The molecule has 0 aromatic heterocycles. The van der Waals surface area contributed by atoms with Crippen LogP contribution in [0.3, 0.4) is 0 Å². The Kier molecular flexibility index (Phi) is 1.77. The van der Waals surface area contributed by atoms with Crippen LogP contribution in [0.25, 0.3) is 0 Å². The van der Waals surface area contributed by atoms with E-state index in [0.717, 1.165) is 18.7 Å². The van der Waals surface area contributed by atoms with E-state index in [0.29, 0.717) is 5.92 Å². The lowest BCUT2D eigenvalue weighted by Crippen LogP contribution is -2.47. The summed E-state index contributed by atoms with van der Waals surface area (Å²) in [4.78, 5) is 5.45. The Balaban J connectivity index is 2.27. The Morgan fingerprint density at radius 3 is 2.92 bits per heavy atom. The minimum Gasteiger partial charge on any atom is -0.365 e. The molecule has 2 heterocycles. The van der Waals surface area contributed by atoms with E-state index in [9.17, 15) is 0 Å². The van der Waals surface area contributed by atoms with Crippen LogP contribution in [0.4, 0.5) is 0 Å². The maximum Gasteiger partial charge on any atom is 0.222 e. The van der Waals surface area contributed by atoms with Gasteiger partial charge in [0.15, 0.2) is 0 Å². The van der Waals surface area contributed by atoms with Crippen molar-refractivity contribution in [2.75, 3.05) is 6.61 Å². The van der Waals surface area contributed by atoms with Gasteiger partial charge >= 0.3 is 0 Å². The van der Waals surface area contributed by atoms with Crippen molar-refractivity contribution in [2.45, 2.75) is 31.8 Å². The van der Waals surface area contributed by atoms with Gasteiger partial charge in [-0.25, -0.2) is 0 Å². The third-order valence-electron chi connectivity index (χ3n) is 2.71. The summed E-state index contributed by atoms with van der Waals surface area (Å²) < 4.78 is 5.70. The first-order chi connectivity index (χ1) is 5.67. The molecule has 2 aliphatic rings. The van der Waals surface area contributed by atoms with E-state index >= 15 is 0 Å². The van der Waals surface area contributed by atoms with Gasteiger partial charge in [-0.2, -0.15) is 0 Å². The van der Waals surface area contributed by atoms with Gasteiger partial charge in [0, 0.05) is 0 Å². The average molecular weight is 184 g/mol. The summed E-state index contributed by atoms with van der Waals surface area (Å²) in [6.45, 7) is 7.30. The van der Waals surface area contributed by atoms with E-state index in [1.165, 1.54) is 0 Å². The van der Waals surface area contributed by atoms with Crippen LogP contribution in [-0.2, 0) is 9.57 Å². The Morgan fingerprint density at radius 1 is 1.58 bits per heavy atom. The van der Waals surface area contributed by atoms with Gasteiger partial charge in [0.25, 0.3) is 0 Å². The molecule has 3 nitrogen and oxygen atoms in total. The standard InChI is InChI=1S/C8H14NO2Si/c1-6-7-4-5-10-8(7,11-9-6)12(2)3/h7H,4-5H2,1-3H3/t7-,8-/m1/s1. The molecule has 1 radical (unpaired) electrons. The van der Waals surface area contributed by atoms with Crippen molar-refractivity contribution in [1.29, 1.82) is 0 Å². The van der Waals surface area contributed by atoms with Crippen LogP contribution in [-0.4, -0.2) is 26.5 Å². The summed E-state index contributed by atoms with van der Waals surface area (Å²) in [6, 6.07) is 0. The molecule has 0 aliphatic carbocycles. The summed E-state index contributed by atoms with van der Waals surface area (Å²) in [7, 11) is -0.600. The molecule has 0 bridgehead atoms. The number of hydrogen-bond donors (Lipinski definition) is 0. The molecule has 1 fully saturated rings. The highest BCUT2D eigenvalue weighted by Gasteiger charge is 2.54. The minimum atomic E-state index is -0.600. The van der Waals surface area contributed by atoms with E-state index in [1.54, 1.807) is 0 Å². The summed E-state index contributed by atoms with van der Waals surface area (Å²) in [5, 5.41) is 4.03. The molecule has 0 N–H and O–H groups in total. The van der Waals surface area contributed by atoms with Crippen molar-refractivity contribution in [1.82, 2.24) is 0 Å². The fourth-order valence-electron chi connectivity index (χ4n) is 1.98. The summed E-state index contributed by atoms with van der Waals surface area (Å²) >= 11 is 0. The van der Waals surface area contributed by atoms with Crippen molar-refractivity contribution in [3.05, 3.63) is 0 Å². The van der Waals surface area contributed by atoms with Gasteiger partial charge in [-0.1, -0.05) is 18.2 Å². The summed E-state index contributed by atoms with van der Waals surface area (Å²) in [5.41, 5.74) is 0.785. The fourth-order valence-corrected chi connectivity index (χ4v) is 3.65. The molecule has 0 unspecified atom stereocenters.